The molecule has 0 spiro atoms. The molecule has 1 N–H and O–H groups in total. The molecule has 0 radical (unpaired) electrons. The van der Waals surface area contributed by atoms with Crippen molar-refractivity contribution in [1.82, 2.24) is 24.5 Å². The van der Waals surface area contributed by atoms with Crippen LogP contribution in [0.25, 0.3) is 22.5 Å². The van der Waals surface area contributed by atoms with Gasteiger partial charge in [0.05, 0.1) is 23.9 Å². The van der Waals surface area contributed by atoms with E-state index in [0.717, 1.165) is 5.69 Å². The number of pyridine rings is 1. The number of benzene rings is 1. The average molecular weight is 529 g/mol. The first-order valence-corrected chi connectivity index (χ1v) is 11.6. The Morgan fingerprint density at radius 2 is 1.95 bits per heavy atom. The second-order valence-electron chi connectivity index (χ2n) is 8.43. The normalized spacial score (nSPS) is 11.5. The summed E-state index contributed by atoms with van der Waals surface area (Å²) in [5, 5.41) is 11.8. The number of amides is 1. The number of nitrogens with one attached hydrogen (secondary N) is 1. The van der Waals surface area contributed by atoms with Crippen LogP contribution in [-0.2, 0) is 17.9 Å². The number of carbonyl (C=O) groups excluding carboxylic acids is 1. The summed E-state index contributed by atoms with van der Waals surface area (Å²) < 4.78 is 49.3. The van der Waals surface area contributed by atoms with Crippen molar-refractivity contribution in [3.05, 3.63) is 82.1 Å². The maximum absolute atomic E-state index is 13.9. The molecule has 0 saturated heterocycles. The highest BCUT2D eigenvalue weighted by Crippen LogP contribution is 2.33. The lowest BCUT2D eigenvalue weighted by Crippen LogP contribution is -2.20. The number of aryl methyl sites for hydroxylation is 2. The first kappa shape index (κ1) is 24.6. The molecule has 12 heteroatoms. The summed E-state index contributed by atoms with van der Waals surface area (Å²) in [6.07, 6.45) is -1.35. The van der Waals surface area contributed by atoms with Crippen LogP contribution in [0.5, 0.6) is 0 Å². The number of rotatable bonds is 7. The summed E-state index contributed by atoms with van der Waals surface area (Å²) in [4.78, 5) is 17.3. The third-order valence-corrected chi connectivity index (χ3v) is 6.15. The number of nitrogens with zero attached hydrogens (tertiary/aromatic N) is 5. The molecule has 0 atom stereocenters. The molecule has 0 fully saturated rings. The first-order valence-electron chi connectivity index (χ1n) is 11.2. The fourth-order valence-electron chi connectivity index (χ4n) is 4.08. The molecule has 0 aliphatic heterocycles. The summed E-state index contributed by atoms with van der Waals surface area (Å²) in [7, 11) is 0. The van der Waals surface area contributed by atoms with Gasteiger partial charge in [-0.3, -0.25) is 9.48 Å². The highest BCUT2D eigenvalue weighted by molar-refractivity contribution is 6.31. The van der Waals surface area contributed by atoms with Crippen LogP contribution in [0.2, 0.25) is 5.02 Å². The van der Waals surface area contributed by atoms with Gasteiger partial charge in [-0.1, -0.05) is 17.7 Å². The minimum atomic E-state index is -2.77. The van der Waals surface area contributed by atoms with Crippen molar-refractivity contribution < 1.29 is 22.4 Å². The van der Waals surface area contributed by atoms with Crippen molar-refractivity contribution in [2.75, 3.05) is 5.32 Å². The maximum Gasteiger partial charge on any atom is 0.264 e. The van der Waals surface area contributed by atoms with Crippen LogP contribution in [0.15, 0.2) is 53.1 Å². The maximum atomic E-state index is 13.9. The molecule has 4 heterocycles. The van der Waals surface area contributed by atoms with Crippen LogP contribution in [0.1, 0.15) is 28.9 Å². The van der Waals surface area contributed by atoms with Crippen LogP contribution in [-0.4, -0.2) is 30.5 Å². The van der Waals surface area contributed by atoms with E-state index in [4.69, 9.17) is 16.0 Å². The predicted molar refractivity (Wildman–Crippen MR) is 131 cm³/mol. The molecule has 1 amide bonds. The van der Waals surface area contributed by atoms with Gasteiger partial charge in [-0.05, 0) is 49.7 Å². The Labute approximate surface area is 213 Å². The molecule has 190 valence electrons. The summed E-state index contributed by atoms with van der Waals surface area (Å²) in [5.74, 6) is -0.309. The molecule has 0 aliphatic rings. The van der Waals surface area contributed by atoms with E-state index < -0.39 is 18.1 Å². The Morgan fingerprint density at radius 3 is 2.65 bits per heavy atom. The number of carbonyl (C=O) groups is 1. The highest BCUT2D eigenvalue weighted by atomic mass is 35.5. The quantitative estimate of drug-likeness (QED) is 0.283. The lowest BCUT2D eigenvalue weighted by Gasteiger charge is -2.08. The van der Waals surface area contributed by atoms with Crippen LogP contribution in [0, 0.1) is 19.7 Å². The number of hydrogen-bond acceptors (Lipinski definition) is 5. The van der Waals surface area contributed by atoms with Gasteiger partial charge in [0.25, 0.3) is 6.43 Å². The van der Waals surface area contributed by atoms with Gasteiger partial charge in [-0.25, -0.2) is 22.8 Å². The van der Waals surface area contributed by atoms with Gasteiger partial charge in [0, 0.05) is 22.3 Å². The minimum absolute atomic E-state index is 0.143. The summed E-state index contributed by atoms with van der Waals surface area (Å²) in [6.45, 7) is 3.38. The zero-order valence-electron chi connectivity index (χ0n) is 19.7. The second kappa shape index (κ2) is 9.74. The molecule has 37 heavy (non-hydrogen) atoms. The van der Waals surface area contributed by atoms with Crippen molar-refractivity contribution in [2.45, 2.75) is 33.4 Å². The molecule has 0 unspecified atom stereocenters. The van der Waals surface area contributed by atoms with Crippen LogP contribution >= 0.6 is 11.6 Å². The monoisotopic (exact) mass is 528 g/mol. The molecule has 0 aliphatic carbocycles. The summed E-state index contributed by atoms with van der Waals surface area (Å²) >= 11 is 6.12. The smallest absolute Gasteiger partial charge is 0.264 e. The van der Waals surface area contributed by atoms with Gasteiger partial charge in [0.1, 0.15) is 18.1 Å². The van der Waals surface area contributed by atoms with E-state index in [2.05, 4.69) is 20.5 Å². The molecule has 0 saturated carbocycles. The number of fused-ring (bicyclic) bond motifs is 1. The predicted octanol–water partition coefficient (Wildman–Crippen LogP) is 5.92. The molecule has 0 bridgehead atoms. The fraction of sp³-hybridized carbons (Fsp3) is 0.200. The van der Waals surface area contributed by atoms with Gasteiger partial charge < -0.3 is 9.73 Å². The second-order valence-corrected chi connectivity index (χ2v) is 8.84. The van der Waals surface area contributed by atoms with E-state index in [1.807, 2.05) is 0 Å². The minimum Gasteiger partial charge on any atom is -0.463 e. The Kier molecular flexibility index (Phi) is 6.46. The molecule has 4 aromatic heterocycles. The number of aromatic nitrogens is 5. The van der Waals surface area contributed by atoms with E-state index in [9.17, 15) is 18.0 Å². The SMILES string of the molecule is Cc1nn(CC(=O)Nc2cc(C)n(Cc3ccc(F)cc3Cl)n2)c2nc(-c3ccco3)cc(C(F)F)c12. The third-order valence-electron chi connectivity index (χ3n) is 5.79. The zero-order valence-corrected chi connectivity index (χ0v) is 20.4. The molecule has 8 nitrogen and oxygen atoms in total. The number of halogens is 4. The number of alkyl halides is 2. The van der Waals surface area contributed by atoms with Gasteiger partial charge in [-0.2, -0.15) is 10.2 Å². The lowest BCUT2D eigenvalue weighted by molar-refractivity contribution is -0.116. The van der Waals surface area contributed by atoms with Gasteiger partial charge in [0.2, 0.25) is 5.91 Å². The molecular formula is C25H20ClF3N6O2. The number of furan rings is 1. The van der Waals surface area contributed by atoms with Crippen LogP contribution in [0.4, 0.5) is 19.0 Å². The fourth-order valence-corrected chi connectivity index (χ4v) is 4.31. The zero-order chi connectivity index (χ0) is 26.3. The van der Waals surface area contributed by atoms with Gasteiger partial charge in [-0.15, -0.1) is 0 Å². The highest BCUT2D eigenvalue weighted by Gasteiger charge is 2.23. The molecular weight excluding hydrogens is 509 g/mol. The van der Waals surface area contributed by atoms with Gasteiger partial charge >= 0.3 is 0 Å². The third kappa shape index (κ3) is 4.94. The van der Waals surface area contributed by atoms with Crippen molar-refractivity contribution >= 4 is 34.4 Å². The number of anilines is 1. The molecule has 5 aromatic rings. The lowest BCUT2D eigenvalue weighted by atomic mass is 10.1. The van der Waals surface area contributed by atoms with E-state index in [1.165, 1.54) is 29.1 Å². The largest absolute Gasteiger partial charge is 0.463 e. The van der Waals surface area contributed by atoms with Crippen LogP contribution in [0.3, 0.4) is 0 Å². The topological polar surface area (TPSA) is 90.8 Å². The van der Waals surface area contributed by atoms with Crippen molar-refractivity contribution in [2.24, 2.45) is 0 Å². The van der Waals surface area contributed by atoms with Crippen molar-refractivity contribution in [1.29, 1.82) is 0 Å². The van der Waals surface area contributed by atoms with E-state index in [0.29, 0.717) is 17.0 Å². The summed E-state index contributed by atoms with van der Waals surface area (Å²) in [5.41, 5.74) is 1.84. The standard InChI is InChI=1S/C25H20ClF3N6O2/c1-13-8-21(33-34(13)11-15-5-6-16(27)9-18(15)26)31-22(36)12-35-25-23(14(2)32-35)17(24(28)29)10-19(30-25)20-4-3-7-37-20/h3-10,24H,11-12H2,1-2H3,(H,31,33,36). The van der Waals surface area contributed by atoms with Crippen LogP contribution < -0.4 is 5.32 Å². The first-order chi connectivity index (χ1) is 17.7. The van der Waals surface area contributed by atoms with E-state index in [-0.39, 0.29) is 46.2 Å². The van der Waals surface area contributed by atoms with E-state index in [1.54, 1.807) is 42.8 Å². The summed E-state index contributed by atoms with van der Waals surface area (Å²) in [6, 6.07) is 10.3. The Balaban J connectivity index is 1.39. The van der Waals surface area contributed by atoms with Gasteiger partial charge in [0.15, 0.2) is 17.2 Å². The Hall–Kier alpha value is -4.12. The molecule has 5 rings (SSSR count). The van der Waals surface area contributed by atoms with Crippen molar-refractivity contribution in [3.8, 4) is 11.5 Å². The number of hydrogen-bond donors (Lipinski definition) is 1. The van der Waals surface area contributed by atoms with E-state index >= 15 is 0 Å². The Morgan fingerprint density at radius 1 is 1.14 bits per heavy atom. The average Bonchev–Trinajstić information content (AvgIpc) is 3.56. The van der Waals surface area contributed by atoms with Crippen molar-refractivity contribution in [3.63, 3.8) is 0 Å². The Bertz CT molecular complexity index is 1610. The molecule has 1 aromatic carbocycles.